The van der Waals surface area contributed by atoms with Gasteiger partial charge in [0, 0.05) is 17.9 Å². The molecule has 0 bridgehead atoms. The largest absolute Gasteiger partial charge is 0.391 e. The second kappa shape index (κ2) is 15.5. The molecular formula is C21H40OS2. The van der Waals surface area contributed by atoms with Crippen molar-refractivity contribution in [3.63, 3.8) is 0 Å². The van der Waals surface area contributed by atoms with Gasteiger partial charge in [0.05, 0.1) is 6.10 Å². The van der Waals surface area contributed by atoms with Crippen LogP contribution in [0.15, 0.2) is 0 Å². The Morgan fingerprint density at radius 1 is 0.917 bits per heavy atom. The lowest BCUT2D eigenvalue weighted by Gasteiger charge is -2.37. The van der Waals surface area contributed by atoms with Gasteiger partial charge in [-0.05, 0) is 30.9 Å². The van der Waals surface area contributed by atoms with Gasteiger partial charge >= 0.3 is 0 Å². The third-order valence-corrected chi connectivity index (χ3v) is 7.39. The first-order valence-corrected chi connectivity index (χ1v) is 12.1. The van der Waals surface area contributed by atoms with Gasteiger partial charge in [-0.3, -0.25) is 0 Å². The standard InChI is InChI=1S/C21H40OS2/c1-6-9-12-13-15-21(19(4)5,20(22)14-10-7-2)24-18-17-23-16-11-8-3/h19-20,22H,6-12,14,16-18H2,1-5H3. The predicted octanol–water partition coefficient (Wildman–Crippen LogP) is 6.39. The van der Waals surface area contributed by atoms with Crippen molar-refractivity contribution in [2.75, 3.05) is 17.3 Å². The van der Waals surface area contributed by atoms with E-state index in [1.165, 1.54) is 25.0 Å². The molecular weight excluding hydrogens is 332 g/mol. The lowest BCUT2D eigenvalue weighted by Crippen LogP contribution is -2.43. The highest BCUT2D eigenvalue weighted by Gasteiger charge is 2.39. The van der Waals surface area contributed by atoms with Crippen LogP contribution in [0.4, 0.5) is 0 Å². The van der Waals surface area contributed by atoms with Crippen molar-refractivity contribution in [1.82, 2.24) is 0 Å². The summed E-state index contributed by atoms with van der Waals surface area (Å²) < 4.78 is -0.297. The second-order valence-electron chi connectivity index (χ2n) is 6.83. The van der Waals surface area contributed by atoms with Crippen LogP contribution < -0.4 is 0 Å². The van der Waals surface area contributed by atoms with Crippen LogP contribution in [0, 0.1) is 17.8 Å². The van der Waals surface area contributed by atoms with E-state index in [-0.39, 0.29) is 10.9 Å². The van der Waals surface area contributed by atoms with Gasteiger partial charge in [-0.25, -0.2) is 0 Å². The lowest BCUT2D eigenvalue weighted by molar-refractivity contribution is 0.119. The van der Waals surface area contributed by atoms with Crippen LogP contribution >= 0.6 is 23.5 Å². The van der Waals surface area contributed by atoms with E-state index in [1.54, 1.807) is 0 Å². The minimum atomic E-state index is -0.322. The molecule has 0 aromatic carbocycles. The van der Waals surface area contributed by atoms with E-state index in [1.807, 2.05) is 23.5 Å². The number of thioether (sulfide) groups is 2. The molecule has 2 unspecified atom stereocenters. The van der Waals surface area contributed by atoms with Crippen molar-refractivity contribution >= 4 is 23.5 Å². The number of aliphatic hydroxyl groups excluding tert-OH is 1. The Bertz CT molecular complexity index is 345. The minimum Gasteiger partial charge on any atom is -0.391 e. The normalized spacial score (nSPS) is 15.0. The molecule has 0 fully saturated rings. The van der Waals surface area contributed by atoms with E-state index in [4.69, 9.17) is 0 Å². The first-order valence-electron chi connectivity index (χ1n) is 9.94. The van der Waals surface area contributed by atoms with Gasteiger partial charge in [-0.2, -0.15) is 11.8 Å². The molecule has 3 heteroatoms. The number of rotatable bonds is 14. The highest BCUT2D eigenvalue weighted by molar-refractivity contribution is 8.03. The third kappa shape index (κ3) is 9.64. The summed E-state index contributed by atoms with van der Waals surface area (Å²) in [4.78, 5) is 0. The van der Waals surface area contributed by atoms with E-state index in [0.717, 1.165) is 43.6 Å². The Balaban J connectivity index is 4.87. The van der Waals surface area contributed by atoms with Gasteiger partial charge < -0.3 is 5.11 Å². The van der Waals surface area contributed by atoms with Gasteiger partial charge in [0.2, 0.25) is 0 Å². The van der Waals surface area contributed by atoms with Crippen LogP contribution in [-0.2, 0) is 0 Å². The van der Waals surface area contributed by atoms with Gasteiger partial charge in [0.15, 0.2) is 0 Å². The SMILES string of the molecule is CCCCC#CC(SCCSCCCC)(C(C)C)C(O)CCCC. The maximum atomic E-state index is 10.9. The van der Waals surface area contributed by atoms with E-state index < -0.39 is 0 Å². The van der Waals surface area contributed by atoms with E-state index >= 15 is 0 Å². The molecule has 1 nitrogen and oxygen atoms in total. The molecule has 0 aromatic rings. The van der Waals surface area contributed by atoms with Crippen molar-refractivity contribution in [3.05, 3.63) is 0 Å². The number of unbranched alkanes of at least 4 members (excludes halogenated alkanes) is 4. The predicted molar refractivity (Wildman–Crippen MR) is 115 cm³/mol. The Labute approximate surface area is 160 Å². The molecule has 0 heterocycles. The van der Waals surface area contributed by atoms with Crippen molar-refractivity contribution in [2.24, 2.45) is 5.92 Å². The molecule has 1 N–H and O–H groups in total. The quantitative estimate of drug-likeness (QED) is 0.282. The van der Waals surface area contributed by atoms with Crippen LogP contribution in [0.1, 0.15) is 86.0 Å². The molecule has 0 spiro atoms. The second-order valence-corrected chi connectivity index (χ2v) is 9.42. The molecule has 0 rings (SSSR count). The van der Waals surface area contributed by atoms with E-state index in [0.29, 0.717) is 5.92 Å². The Kier molecular flexibility index (Phi) is 15.6. The fourth-order valence-electron chi connectivity index (χ4n) is 2.61. The summed E-state index contributed by atoms with van der Waals surface area (Å²) >= 11 is 3.95. The van der Waals surface area contributed by atoms with Crippen LogP contribution in [0.25, 0.3) is 0 Å². The fraction of sp³-hybridized carbons (Fsp3) is 0.905. The summed E-state index contributed by atoms with van der Waals surface area (Å²) in [5.74, 6) is 10.8. The molecule has 2 atom stereocenters. The highest BCUT2D eigenvalue weighted by atomic mass is 32.2. The summed E-state index contributed by atoms with van der Waals surface area (Å²) in [7, 11) is 0. The maximum absolute atomic E-state index is 10.9. The zero-order chi connectivity index (χ0) is 18.3. The van der Waals surface area contributed by atoms with Crippen LogP contribution in [-0.4, -0.2) is 33.2 Å². The van der Waals surface area contributed by atoms with Gasteiger partial charge in [0.1, 0.15) is 4.75 Å². The molecule has 0 aliphatic heterocycles. The summed E-state index contributed by atoms with van der Waals surface area (Å²) in [5, 5.41) is 10.9. The average molecular weight is 373 g/mol. The van der Waals surface area contributed by atoms with E-state index in [2.05, 4.69) is 46.5 Å². The highest BCUT2D eigenvalue weighted by Crippen LogP contribution is 2.38. The topological polar surface area (TPSA) is 20.2 Å². The van der Waals surface area contributed by atoms with Gasteiger partial charge in [-0.15, -0.1) is 17.7 Å². The molecule has 0 aliphatic rings. The zero-order valence-corrected chi connectivity index (χ0v) is 18.3. The average Bonchev–Trinajstić information content (AvgIpc) is 2.57. The molecule has 0 aliphatic carbocycles. The summed E-state index contributed by atoms with van der Waals surface area (Å²) in [6.45, 7) is 11.1. The molecule has 142 valence electrons. The van der Waals surface area contributed by atoms with Crippen molar-refractivity contribution in [1.29, 1.82) is 0 Å². The Morgan fingerprint density at radius 3 is 2.17 bits per heavy atom. The van der Waals surface area contributed by atoms with Crippen molar-refractivity contribution in [3.8, 4) is 11.8 Å². The molecule has 0 amide bonds. The Morgan fingerprint density at radius 2 is 1.58 bits per heavy atom. The summed E-state index contributed by atoms with van der Waals surface area (Å²) in [5.41, 5.74) is 0. The fourth-order valence-corrected chi connectivity index (χ4v) is 5.23. The first kappa shape index (κ1) is 24.2. The molecule has 0 radical (unpaired) electrons. The van der Waals surface area contributed by atoms with Crippen molar-refractivity contribution < 1.29 is 5.11 Å². The van der Waals surface area contributed by atoms with E-state index in [9.17, 15) is 5.11 Å². The zero-order valence-electron chi connectivity index (χ0n) is 16.7. The van der Waals surface area contributed by atoms with Crippen LogP contribution in [0.3, 0.4) is 0 Å². The first-order chi connectivity index (χ1) is 11.5. The smallest absolute Gasteiger partial charge is 0.104 e. The summed E-state index contributed by atoms with van der Waals surface area (Å²) in [6.07, 6.45) is 8.63. The van der Waals surface area contributed by atoms with Crippen molar-refractivity contribution in [2.45, 2.75) is 96.8 Å². The molecule has 0 saturated heterocycles. The maximum Gasteiger partial charge on any atom is 0.104 e. The third-order valence-electron chi connectivity index (χ3n) is 4.33. The lowest BCUT2D eigenvalue weighted by atomic mass is 9.86. The molecule has 0 saturated carbocycles. The van der Waals surface area contributed by atoms with Gasteiger partial charge in [-0.1, -0.05) is 66.2 Å². The summed E-state index contributed by atoms with van der Waals surface area (Å²) in [6, 6.07) is 0. The monoisotopic (exact) mass is 372 g/mol. The molecule has 24 heavy (non-hydrogen) atoms. The number of hydrogen-bond donors (Lipinski definition) is 1. The number of aliphatic hydroxyl groups is 1. The minimum absolute atomic E-state index is 0.297. The number of hydrogen-bond acceptors (Lipinski definition) is 3. The van der Waals surface area contributed by atoms with Gasteiger partial charge in [0.25, 0.3) is 0 Å². The van der Waals surface area contributed by atoms with Crippen LogP contribution in [0.5, 0.6) is 0 Å². The van der Waals surface area contributed by atoms with Crippen LogP contribution in [0.2, 0.25) is 0 Å². The Hall–Kier alpha value is 0.220. The molecule has 0 aromatic heterocycles.